The number of carbonyl (C=O) groups is 8. The minimum Gasteiger partial charge on any atom is -0.481 e. The Bertz CT molecular complexity index is 4270. The van der Waals surface area contributed by atoms with E-state index in [0.717, 1.165) is 155 Å². The number of rotatable bonds is 16. The van der Waals surface area contributed by atoms with E-state index in [1.165, 1.54) is 137 Å². The van der Waals surface area contributed by atoms with Crippen LogP contribution in [-0.2, 0) is 57.6 Å². The Morgan fingerprint density at radius 1 is 0.438 bits per heavy atom. The lowest BCUT2D eigenvalue weighted by atomic mass is 9.97. The van der Waals surface area contributed by atoms with Crippen LogP contribution in [0, 0.1) is 18.8 Å². The minimum absolute atomic E-state index is 0.0301. The number of ketones is 1. The van der Waals surface area contributed by atoms with Gasteiger partial charge in [0.1, 0.15) is 0 Å². The zero-order valence-electron chi connectivity index (χ0n) is 76.1. The summed E-state index contributed by atoms with van der Waals surface area (Å²) < 4.78 is 0. The van der Waals surface area contributed by atoms with Gasteiger partial charge in [-0.1, -0.05) is 202 Å². The molecular weight excluding hydrogens is 1640 g/mol. The number of halogens is 1. The van der Waals surface area contributed by atoms with Crippen LogP contribution in [0.3, 0.4) is 0 Å². The van der Waals surface area contributed by atoms with Crippen molar-refractivity contribution >= 4 is 70.1 Å². The van der Waals surface area contributed by atoms with Gasteiger partial charge in [0, 0.05) is 105 Å². The van der Waals surface area contributed by atoms with E-state index in [-0.39, 0.29) is 78.6 Å². The lowest BCUT2D eigenvalue weighted by molar-refractivity contribution is -0.137. The number of carboxylic acids is 1. The first-order valence-corrected chi connectivity index (χ1v) is 49.1. The third-order valence-corrected chi connectivity index (χ3v) is 26.3. The Labute approximate surface area is 771 Å². The number of hydrogen-bond donors (Lipinski definition) is 14. The maximum atomic E-state index is 11.8. The number of aryl methyl sites for hydroxylation is 1. The maximum absolute atomic E-state index is 11.8. The zero-order valence-corrected chi connectivity index (χ0v) is 77.7. The monoisotopic (exact) mass is 1790 g/mol. The van der Waals surface area contributed by atoms with Crippen molar-refractivity contribution < 1.29 is 48.6 Å². The van der Waals surface area contributed by atoms with Crippen LogP contribution in [0.25, 0.3) is 0 Å². The van der Waals surface area contributed by atoms with Gasteiger partial charge in [-0.3, -0.25) is 38.4 Å². The molecule has 24 heteroatoms. The van der Waals surface area contributed by atoms with Gasteiger partial charge in [0.2, 0.25) is 35.4 Å². The number of aliphatic hydroxyl groups is 1. The Morgan fingerprint density at radius 2 is 1.02 bits per heavy atom. The second kappa shape index (κ2) is 59.3. The van der Waals surface area contributed by atoms with Gasteiger partial charge in [-0.25, -0.2) is 0 Å². The van der Waals surface area contributed by atoms with Gasteiger partial charge in [0.25, 0.3) is 0 Å². The summed E-state index contributed by atoms with van der Waals surface area (Å²) in [5.74, 6) is 2.91. The van der Waals surface area contributed by atoms with Gasteiger partial charge >= 0.3 is 5.97 Å². The Hall–Kier alpha value is -9.01. The molecule has 20 rings (SSSR count). The molecule has 12 aliphatic heterocycles. The molecular formula is C104H147ClN12O10S. The van der Waals surface area contributed by atoms with Crippen molar-refractivity contribution in [2.75, 3.05) is 65.5 Å². The molecule has 22 nitrogen and oxygen atoms in total. The highest BCUT2D eigenvalue weighted by atomic mass is 35.5. The van der Waals surface area contributed by atoms with E-state index < -0.39 is 5.97 Å². The average Bonchev–Trinajstić information content (AvgIpc) is 1.67. The first-order chi connectivity index (χ1) is 62.3. The van der Waals surface area contributed by atoms with Crippen LogP contribution in [0.2, 0.25) is 5.02 Å². The summed E-state index contributed by atoms with van der Waals surface area (Å²) in [5.41, 5.74) is 10.3. The van der Waals surface area contributed by atoms with E-state index in [4.69, 9.17) is 21.8 Å². The average molecular weight is 1790 g/mol. The number of carboxylic acid groups (broad SMARTS) is 1. The zero-order chi connectivity index (χ0) is 90.7. The molecule has 0 bridgehead atoms. The lowest BCUT2D eigenvalue weighted by Crippen LogP contribution is -2.31. The van der Waals surface area contributed by atoms with Gasteiger partial charge < -0.3 is 74.0 Å². The molecule has 13 heterocycles. The van der Waals surface area contributed by atoms with Gasteiger partial charge in [-0.15, -0.1) is 0 Å². The van der Waals surface area contributed by atoms with Crippen LogP contribution in [0.5, 0.6) is 0 Å². The van der Waals surface area contributed by atoms with Crippen LogP contribution in [-0.4, -0.2) is 165 Å². The molecule has 1 saturated carbocycles. The summed E-state index contributed by atoms with van der Waals surface area (Å²) in [5, 5.41) is 59.1. The fraction of sp³-hybridized carbons (Fsp3) is 0.538. The lowest BCUT2D eigenvalue weighted by Gasteiger charge is -2.17. The number of thiophene rings is 1. The number of nitrogens with one attached hydrogen (secondary N) is 12. The van der Waals surface area contributed by atoms with Crippen molar-refractivity contribution in [3.05, 3.63) is 236 Å². The Balaban J connectivity index is 0.000000159. The third kappa shape index (κ3) is 40.2. The minimum atomic E-state index is -0.700. The predicted octanol–water partition coefficient (Wildman–Crippen LogP) is 15.1. The molecule has 13 fully saturated rings. The van der Waals surface area contributed by atoms with Crippen LogP contribution >= 0.6 is 22.9 Å². The number of amides is 6. The first-order valence-electron chi connectivity index (χ1n) is 47.7. The first kappa shape index (κ1) is 103. The molecule has 14 N–H and O–H groups in total. The second-order valence-electron chi connectivity index (χ2n) is 35.9. The molecule has 12 saturated heterocycles. The fourth-order valence-electron chi connectivity index (χ4n) is 18.1. The summed E-state index contributed by atoms with van der Waals surface area (Å²) >= 11 is 7.55. The molecule has 11 atom stereocenters. The molecule has 0 spiro atoms. The second-order valence-corrected chi connectivity index (χ2v) is 37.1. The van der Waals surface area contributed by atoms with Gasteiger partial charge in [-0.2, -0.15) is 11.3 Å². The molecule has 6 aromatic carbocycles. The van der Waals surface area contributed by atoms with Crippen molar-refractivity contribution in [3.8, 4) is 0 Å². The van der Waals surface area contributed by atoms with Crippen LogP contribution in [0.4, 0.5) is 0 Å². The highest BCUT2D eigenvalue weighted by molar-refractivity contribution is 7.08. The summed E-state index contributed by atoms with van der Waals surface area (Å²) in [4.78, 5) is 86.5. The van der Waals surface area contributed by atoms with Crippen molar-refractivity contribution in [1.29, 1.82) is 0 Å². The summed E-state index contributed by atoms with van der Waals surface area (Å²) in [6.45, 7) is 16.2. The van der Waals surface area contributed by atoms with Crippen LogP contribution < -0.4 is 63.8 Å². The molecule has 1 aliphatic carbocycles. The molecule has 1 aromatic heterocycles. The highest BCUT2D eigenvalue weighted by Gasteiger charge is 2.30. The number of hydrogen-bond acceptors (Lipinski definition) is 16. The van der Waals surface area contributed by atoms with Crippen molar-refractivity contribution in [2.24, 2.45) is 11.8 Å². The molecule has 7 aromatic rings. The fourth-order valence-corrected chi connectivity index (χ4v) is 18.9. The smallest absolute Gasteiger partial charge is 0.304 e. The number of benzene rings is 6. The topological polar surface area (TPSA) is 321 Å². The molecule has 6 amide bonds. The molecule has 10 unspecified atom stereocenters. The number of aliphatic hydroxyl groups excluding tert-OH is 1. The Morgan fingerprint density at radius 3 is 1.49 bits per heavy atom. The quantitative estimate of drug-likeness (QED) is 0.0427. The summed E-state index contributed by atoms with van der Waals surface area (Å²) in [7, 11) is 0. The van der Waals surface area contributed by atoms with E-state index in [1.807, 2.05) is 121 Å². The Kier molecular flexibility index (Phi) is 47.6. The maximum Gasteiger partial charge on any atom is 0.304 e. The summed E-state index contributed by atoms with van der Waals surface area (Å²) in [6, 6.07) is 63.0. The van der Waals surface area contributed by atoms with E-state index in [2.05, 4.69) is 150 Å². The standard InChI is InChI=1S/C12H15NO.C12H17N.C11H13NO.C10H10ClNO.2C10H11NO.C9H17N.C8H11NS.C7H15N.C6H11NO2.C5H9NO2.C4H7NO/c14-12(11-7-4-8-13-11)9-10-5-2-1-3-6-10;1-10-4-2-5-11(8-10)9-12-6-3-7-13-12;13-11-7-6-10(12-11)8-9-4-2-1-3-5-9;11-8-3-1-7(2-4-8)9-5-6-10(13)12-9;12-10-6-9(7-11-10)8-4-2-1-3-5-8;12-10-9(6-7-11-10)8-4-2-1-3-5-8;1-2-5-8(4-1)9-6-3-7-10-9;1-2-8(9-4-1)7-3-5-10-6-7;1-6(2)7-4-3-5-8-7;8-6(9)4-5-2-1-3-7-5;7-3-4-1-2-5(8)6-4;6-4-2-1-3-5-4/h1-3,5-6,11,13H,4,7-9H2;2,4-5,8,12-13H,3,6-7,9H2,1H3;1-5,10H,6-8H2,(H,12,13);1-4,9H,5-6H2,(H,12,13);2*1-5,9H,6-7H2,(H,11,12);8-10H,1-7H2;3,5-6,8-9H,1-2,4H2;6-8H,3-5H2,1-2H3;5,7H,1-4H2,(H,8,9);4,7H,1-3H2,(H,6,8);1-3H2,(H,5,6)/t;;;;;;;;;;4-;/m..........0./s1. The normalized spacial score (nSPS) is 24.3. The molecule has 0 radical (unpaired) electrons. The van der Waals surface area contributed by atoms with Crippen molar-refractivity contribution in [2.45, 2.75) is 280 Å². The predicted molar refractivity (Wildman–Crippen MR) is 515 cm³/mol. The van der Waals surface area contributed by atoms with Crippen molar-refractivity contribution in [3.63, 3.8) is 0 Å². The molecule has 696 valence electrons. The highest BCUT2D eigenvalue weighted by Crippen LogP contribution is 2.32. The van der Waals surface area contributed by atoms with E-state index in [1.54, 1.807) is 11.3 Å². The van der Waals surface area contributed by atoms with Crippen molar-refractivity contribution in [1.82, 2.24) is 63.8 Å². The third-order valence-electron chi connectivity index (χ3n) is 25.3. The SMILES string of the molecule is C1CCC(C2CCCN2)C1.CC(C)C1CCCN1.Cc1cccc(CC2CCCN2)c1.O=C(Cc1ccccc1)C1CCCN1.O=C(O)CC1CCCN1.O=C1CC(c2ccccc2)CN1.O=C1CCC(Cc2ccccc2)N1.O=C1CCC(c2ccc(Cl)cc2)N1.O=C1CCCN1.O=C1CC[C@@H](CO)N1.O=C1NCCC1c1ccccc1.c1cc(C2CCCN2)cs1. The number of carbonyl (C=O) groups excluding carboxylic acids is 7. The number of aliphatic carboxylic acids is 1. The van der Waals surface area contributed by atoms with Gasteiger partial charge in [0.05, 0.1) is 37.1 Å². The van der Waals surface area contributed by atoms with Crippen LogP contribution in [0.15, 0.2) is 187 Å². The van der Waals surface area contributed by atoms with E-state index >= 15 is 0 Å². The van der Waals surface area contributed by atoms with Gasteiger partial charge in [-0.05, 0) is 261 Å². The van der Waals surface area contributed by atoms with E-state index in [9.17, 15) is 38.4 Å². The summed E-state index contributed by atoms with van der Waals surface area (Å²) in [6.07, 6.45) is 32.1. The van der Waals surface area contributed by atoms with E-state index in [0.29, 0.717) is 55.9 Å². The van der Waals surface area contributed by atoms with Gasteiger partial charge in [0.15, 0.2) is 5.78 Å². The van der Waals surface area contributed by atoms with Crippen LogP contribution in [0.1, 0.15) is 256 Å². The molecule has 13 aliphatic rings. The largest absolute Gasteiger partial charge is 0.481 e. The molecule has 128 heavy (non-hydrogen) atoms. The number of Topliss-reactive ketones (excluding diaryl/α,β-unsaturated/α-hetero) is 1.